The normalized spacial score (nSPS) is 20.4. The maximum absolute atomic E-state index is 12.5. The number of aryl methyl sites for hydroxylation is 1. The molecule has 2 aromatic rings. The van der Waals surface area contributed by atoms with Crippen molar-refractivity contribution in [3.05, 3.63) is 30.0 Å². The van der Waals surface area contributed by atoms with E-state index in [0.717, 1.165) is 62.0 Å². The quantitative estimate of drug-likeness (QED) is 0.509. The molecule has 1 aromatic heterocycles. The lowest BCUT2D eigenvalue weighted by atomic mass is 9.87. The highest BCUT2D eigenvalue weighted by atomic mass is 16.6. The Balaban J connectivity index is 1.36. The van der Waals surface area contributed by atoms with E-state index in [4.69, 9.17) is 14.2 Å². The zero-order valence-corrected chi connectivity index (χ0v) is 20.9. The number of hydrogen-bond acceptors (Lipinski definition) is 7. The fourth-order valence-electron chi connectivity index (χ4n) is 5.05. The Morgan fingerprint density at radius 1 is 1.06 bits per heavy atom. The molecule has 4 rings (SSSR count). The molecular weight excluding hydrogens is 448 g/mol. The largest absolute Gasteiger partial charge is 0.490 e. The van der Waals surface area contributed by atoms with Gasteiger partial charge in [-0.1, -0.05) is 18.1 Å². The van der Waals surface area contributed by atoms with Gasteiger partial charge >= 0.3 is 12.1 Å². The van der Waals surface area contributed by atoms with Crippen molar-refractivity contribution >= 4 is 12.1 Å². The van der Waals surface area contributed by atoms with Gasteiger partial charge in [0, 0.05) is 25.7 Å². The molecule has 2 aliphatic rings. The molecule has 9 heteroatoms. The number of hydrogen-bond donors (Lipinski definition) is 0. The molecule has 1 heterocycles. The van der Waals surface area contributed by atoms with Crippen LogP contribution in [-0.4, -0.2) is 57.8 Å². The van der Waals surface area contributed by atoms with Crippen LogP contribution in [0.25, 0.3) is 11.3 Å². The first-order valence-corrected chi connectivity index (χ1v) is 12.7. The second-order valence-electron chi connectivity index (χ2n) is 9.49. The number of carbonyl (C=O) groups is 2. The molecule has 9 nitrogen and oxygen atoms in total. The number of aromatic nitrogens is 3. The van der Waals surface area contributed by atoms with Crippen LogP contribution in [-0.2, 0) is 27.9 Å². The Morgan fingerprint density at radius 3 is 2.51 bits per heavy atom. The molecule has 0 saturated heterocycles. The zero-order chi connectivity index (χ0) is 24.8. The molecule has 1 amide bonds. The second-order valence-corrected chi connectivity index (χ2v) is 9.49. The van der Waals surface area contributed by atoms with Gasteiger partial charge in [-0.3, -0.25) is 4.79 Å². The molecule has 35 heavy (non-hydrogen) atoms. The summed E-state index contributed by atoms with van der Waals surface area (Å²) in [5, 5.41) is 8.43. The third-order valence-corrected chi connectivity index (χ3v) is 7.11. The van der Waals surface area contributed by atoms with Crippen molar-refractivity contribution in [2.45, 2.75) is 77.0 Å². The van der Waals surface area contributed by atoms with Crippen molar-refractivity contribution in [2.75, 3.05) is 13.7 Å². The van der Waals surface area contributed by atoms with E-state index in [2.05, 4.69) is 10.3 Å². The number of rotatable bonds is 8. The zero-order valence-electron chi connectivity index (χ0n) is 20.9. The highest BCUT2D eigenvalue weighted by Gasteiger charge is 2.29. The first-order valence-electron chi connectivity index (χ1n) is 12.7. The molecule has 0 spiro atoms. The average Bonchev–Trinajstić information content (AvgIpc) is 3.53. The standard InChI is InChI=1S/C26H36N4O5/c1-4-33-25(31)19-8-7-11-22(16-19)35-21-14-12-18(13-15-21)24-23(30(3)28-27-24)17-34-26(32)29(2)20-9-5-6-10-20/h12-15,19-20,22H,4-11,16-17H2,1-3H3/t19-,22-/m1/s1. The molecule has 2 aliphatic carbocycles. The Bertz CT molecular complexity index is 1000. The lowest BCUT2D eigenvalue weighted by molar-refractivity contribution is -0.150. The van der Waals surface area contributed by atoms with Gasteiger partial charge in [-0.25, -0.2) is 9.48 Å². The molecule has 0 unspecified atom stereocenters. The summed E-state index contributed by atoms with van der Waals surface area (Å²) in [5.41, 5.74) is 2.28. The molecule has 2 atom stereocenters. The Labute approximate surface area is 206 Å². The Kier molecular flexibility index (Phi) is 8.25. The summed E-state index contributed by atoms with van der Waals surface area (Å²) in [6.07, 6.45) is 7.45. The van der Waals surface area contributed by atoms with E-state index in [-0.39, 0.29) is 36.7 Å². The minimum absolute atomic E-state index is 0.00708. The smallest absolute Gasteiger partial charge is 0.410 e. The van der Waals surface area contributed by atoms with Crippen LogP contribution in [0, 0.1) is 5.92 Å². The van der Waals surface area contributed by atoms with Crippen molar-refractivity contribution in [3.8, 4) is 17.0 Å². The predicted molar refractivity (Wildman–Crippen MR) is 130 cm³/mol. The van der Waals surface area contributed by atoms with Crippen molar-refractivity contribution in [2.24, 2.45) is 13.0 Å². The maximum Gasteiger partial charge on any atom is 0.410 e. The summed E-state index contributed by atoms with van der Waals surface area (Å²) in [6.45, 7) is 2.34. The topological polar surface area (TPSA) is 95.8 Å². The van der Waals surface area contributed by atoms with Crippen LogP contribution in [0.1, 0.15) is 64.0 Å². The number of benzene rings is 1. The SMILES string of the molecule is CCOC(=O)[C@@H]1CCC[C@@H](Oc2ccc(-c3nnn(C)c3COC(=O)N(C)C3CCCC3)cc2)C1. The third kappa shape index (κ3) is 6.13. The van der Waals surface area contributed by atoms with Gasteiger partial charge in [-0.15, -0.1) is 5.10 Å². The Morgan fingerprint density at radius 2 is 1.80 bits per heavy atom. The van der Waals surface area contributed by atoms with Crippen molar-refractivity contribution in [3.63, 3.8) is 0 Å². The molecule has 0 radical (unpaired) electrons. The van der Waals surface area contributed by atoms with E-state index in [1.165, 1.54) is 0 Å². The molecule has 2 saturated carbocycles. The molecule has 1 aromatic carbocycles. The van der Waals surface area contributed by atoms with E-state index >= 15 is 0 Å². The molecule has 190 valence electrons. The van der Waals surface area contributed by atoms with Crippen molar-refractivity contribution in [1.29, 1.82) is 0 Å². The fourth-order valence-corrected chi connectivity index (χ4v) is 5.05. The van der Waals surface area contributed by atoms with E-state index in [9.17, 15) is 9.59 Å². The fraction of sp³-hybridized carbons (Fsp3) is 0.615. The molecule has 2 fully saturated rings. The van der Waals surface area contributed by atoms with E-state index in [1.54, 1.807) is 23.7 Å². The summed E-state index contributed by atoms with van der Waals surface area (Å²) in [5.74, 6) is 0.533. The highest BCUT2D eigenvalue weighted by molar-refractivity contribution is 5.72. The molecule has 0 N–H and O–H groups in total. The molecule has 0 aliphatic heterocycles. The highest BCUT2D eigenvalue weighted by Crippen LogP contribution is 2.30. The van der Waals surface area contributed by atoms with Crippen LogP contribution in [0.2, 0.25) is 0 Å². The number of esters is 1. The summed E-state index contributed by atoms with van der Waals surface area (Å²) < 4.78 is 18.6. The second kappa shape index (κ2) is 11.6. The van der Waals surface area contributed by atoms with Gasteiger partial charge in [0.15, 0.2) is 0 Å². The average molecular weight is 485 g/mol. The van der Waals surface area contributed by atoms with E-state index in [0.29, 0.717) is 18.7 Å². The van der Waals surface area contributed by atoms with Crippen LogP contribution >= 0.6 is 0 Å². The summed E-state index contributed by atoms with van der Waals surface area (Å²) in [6, 6.07) is 7.93. The monoisotopic (exact) mass is 484 g/mol. The van der Waals surface area contributed by atoms with Crippen molar-refractivity contribution < 1.29 is 23.8 Å². The lowest BCUT2D eigenvalue weighted by Gasteiger charge is -2.28. The number of amides is 1. The van der Waals surface area contributed by atoms with Crippen molar-refractivity contribution in [1.82, 2.24) is 19.9 Å². The van der Waals surface area contributed by atoms with Crippen LogP contribution in [0.4, 0.5) is 4.79 Å². The first kappa shape index (κ1) is 25.0. The van der Waals surface area contributed by atoms with Gasteiger partial charge < -0.3 is 19.1 Å². The summed E-state index contributed by atoms with van der Waals surface area (Å²) >= 11 is 0. The number of carbonyl (C=O) groups excluding carboxylic acids is 2. The van der Waals surface area contributed by atoms with Gasteiger partial charge in [0.25, 0.3) is 0 Å². The van der Waals surface area contributed by atoms with E-state index in [1.807, 2.05) is 31.2 Å². The van der Waals surface area contributed by atoms with E-state index < -0.39 is 0 Å². The third-order valence-electron chi connectivity index (χ3n) is 7.11. The van der Waals surface area contributed by atoms with Gasteiger partial charge in [0.05, 0.1) is 18.6 Å². The van der Waals surface area contributed by atoms with Crippen LogP contribution in [0.15, 0.2) is 24.3 Å². The minimum Gasteiger partial charge on any atom is -0.490 e. The van der Waals surface area contributed by atoms with Crippen LogP contribution < -0.4 is 4.74 Å². The minimum atomic E-state index is -0.318. The van der Waals surface area contributed by atoms with Crippen LogP contribution in [0.3, 0.4) is 0 Å². The number of nitrogens with zero attached hydrogens (tertiary/aromatic N) is 4. The summed E-state index contributed by atoms with van der Waals surface area (Å²) in [4.78, 5) is 26.3. The van der Waals surface area contributed by atoms with Gasteiger partial charge in [0.1, 0.15) is 23.7 Å². The first-order chi connectivity index (χ1) is 17.0. The maximum atomic E-state index is 12.5. The Hall–Kier alpha value is -3.10. The van der Waals surface area contributed by atoms with Gasteiger partial charge in [0.2, 0.25) is 0 Å². The lowest BCUT2D eigenvalue weighted by Crippen LogP contribution is -2.35. The number of ether oxygens (including phenoxy) is 3. The summed E-state index contributed by atoms with van der Waals surface area (Å²) in [7, 11) is 3.60. The van der Waals surface area contributed by atoms with Gasteiger partial charge in [-0.05, 0) is 69.7 Å². The van der Waals surface area contributed by atoms with Gasteiger partial charge in [-0.2, -0.15) is 0 Å². The molecule has 0 bridgehead atoms. The molecular formula is C26H36N4O5. The predicted octanol–water partition coefficient (Wildman–Crippen LogP) is 4.49. The van der Waals surface area contributed by atoms with Crippen LogP contribution in [0.5, 0.6) is 5.75 Å².